The minimum absolute atomic E-state index is 0.0351. The van der Waals surface area contributed by atoms with Crippen molar-refractivity contribution in [2.75, 3.05) is 0 Å². The van der Waals surface area contributed by atoms with Gasteiger partial charge in [-0.05, 0) is 30.5 Å². The molecular formula is C16H20N2O2S2. The molecule has 2 rings (SSSR count). The van der Waals surface area contributed by atoms with Crippen LogP contribution in [0.5, 0.6) is 0 Å². The number of hydrogen-bond acceptors (Lipinski definition) is 4. The van der Waals surface area contributed by atoms with Gasteiger partial charge in [0.1, 0.15) is 5.01 Å². The molecule has 0 saturated heterocycles. The Labute approximate surface area is 137 Å². The molecule has 1 unspecified atom stereocenters. The Hall–Kier alpha value is -1.53. The summed E-state index contributed by atoms with van der Waals surface area (Å²) in [5.41, 5.74) is 6.66. The number of nitrogens with zero attached hydrogens (tertiary/aromatic N) is 1. The molecule has 0 aliphatic rings. The van der Waals surface area contributed by atoms with Gasteiger partial charge >= 0.3 is 0 Å². The van der Waals surface area contributed by atoms with E-state index in [-0.39, 0.29) is 5.41 Å². The van der Waals surface area contributed by atoms with Crippen molar-refractivity contribution >= 4 is 28.0 Å². The fraction of sp³-hybridized carbons (Fsp3) is 0.375. The van der Waals surface area contributed by atoms with E-state index in [0.29, 0.717) is 16.2 Å². The standard InChI is InChI=1S/C16H20N2O2S2/c1-10-14(16(2,3)4)21-13(18-10)9-22(20)12-7-5-6-11(8-12)15(17)19/h5-8H,9H2,1-4H3,(H2,17,19). The van der Waals surface area contributed by atoms with Crippen molar-refractivity contribution in [1.29, 1.82) is 0 Å². The van der Waals surface area contributed by atoms with Crippen LogP contribution in [0.25, 0.3) is 0 Å². The van der Waals surface area contributed by atoms with Crippen molar-refractivity contribution in [3.8, 4) is 0 Å². The smallest absolute Gasteiger partial charge is 0.248 e. The highest BCUT2D eigenvalue weighted by Gasteiger charge is 2.21. The van der Waals surface area contributed by atoms with Crippen LogP contribution in [0.15, 0.2) is 29.2 Å². The summed E-state index contributed by atoms with van der Waals surface area (Å²) in [6.07, 6.45) is 0. The van der Waals surface area contributed by atoms with E-state index in [1.165, 1.54) is 4.88 Å². The summed E-state index contributed by atoms with van der Waals surface area (Å²) in [5.74, 6) is -0.164. The Bertz CT molecular complexity index is 730. The van der Waals surface area contributed by atoms with Crippen LogP contribution in [0.1, 0.15) is 46.7 Å². The molecule has 0 aliphatic carbocycles. The summed E-state index contributed by atoms with van der Waals surface area (Å²) in [7, 11) is -1.24. The maximum atomic E-state index is 12.5. The van der Waals surface area contributed by atoms with E-state index >= 15 is 0 Å². The zero-order chi connectivity index (χ0) is 16.5. The van der Waals surface area contributed by atoms with Gasteiger partial charge in [0.15, 0.2) is 0 Å². The van der Waals surface area contributed by atoms with Crippen molar-refractivity contribution in [2.45, 2.75) is 43.8 Å². The number of benzene rings is 1. The second kappa shape index (κ2) is 6.30. The number of rotatable bonds is 4. The van der Waals surface area contributed by atoms with Gasteiger partial charge in [-0.25, -0.2) is 4.98 Å². The van der Waals surface area contributed by atoms with Crippen molar-refractivity contribution in [1.82, 2.24) is 4.98 Å². The van der Waals surface area contributed by atoms with Crippen molar-refractivity contribution in [3.05, 3.63) is 45.4 Å². The molecule has 6 heteroatoms. The van der Waals surface area contributed by atoms with Crippen LogP contribution in [0.2, 0.25) is 0 Å². The lowest BCUT2D eigenvalue weighted by molar-refractivity contribution is 0.1000. The van der Waals surface area contributed by atoms with Gasteiger partial charge in [0.25, 0.3) is 0 Å². The third kappa shape index (κ3) is 3.81. The number of aromatic nitrogens is 1. The van der Waals surface area contributed by atoms with Gasteiger partial charge in [-0.3, -0.25) is 9.00 Å². The van der Waals surface area contributed by atoms with Crippen LogP contribution in [0.4, 0.5) is 0 Å². The lowest BCUT2D eigenvalue weighted by atomic mass is 9.94. The van der Waals surface area contributed by atoms with Crippen molar-refractivity contribution < 1.29 is 9.00 Å². The summed E-state index contributed by atoms with van der Waals surface area (Å²) in [6, 6.07) is 6.65. The quantitative estimate of drug-likeness (QED) is 0.932. The molecule has 1 heterocycles. The minimum atomic E-state index is -1.24. The fourth-order valence-electron chi connectivity index (χ4n) is 2.20. The van der Waals surface area contributed by atoms with E-state index in [1.54, 1.807) is 35.6 Å². The molecule has 0 bridgehead atoms. The van der Waals surface area contributed by atoms with Gasteiger partial charge in [0.05, 0.1) is 22.2 Å². The number of amides is 1. The van der Waals surface area contributed by atoms with Crippen LogP contribution < -0.4 is 5.73 Å². The van der Waals surface area contributed by atoms with E-state index in [2.05, 4.69) is 25.8 Å². The Morgan fingerprint density at radius 2 is 2.05 bits per heavy atom. The first-order valence-corrected chi connectivity index (χ1v) is 9.07. The predicted molar refractivity (Wildman–Crippen MR) is 90.6 cm³/mol. The second-order valence-electron chi connectivity index (χ2n) is 6.15. The molecule has 0 saturated carbocycles. The largest absolute Gasteiger partial charge is 0.366 e. The monoisotopic (exact) mass is 336 g/mol. The Morgan fingerprint density at radius 1 is 1.36 bits per heavy atom. The first-order valence-electron chi connectivity index (χ1n) is 6.93. The van der Waals surface area contributed by atoms with Crippen LogP contribution in [-0.4, -0.2) is 15.1 Å². The maximum absolute atomic E-state index is 12.5. The van der Waals surface area contributed by atoms with Crippen molar-refractivity contribution in [3.63, 3.8) is 0 Å². The first-order chi connectivity index (χ1) is 10.2. The van der Waals surface area contributed by atoms with Crippen LogP contribution in [-0.2, 0) is 22.0 Å². The minimum Gasteiger partial charge on any atom is -0.366 e. The third-order valence-corrected chi connectivity index (χ3v) is 6.24. The number of carbonyl (C=O) groups excluding carboxylic acids is 1. The number of carbonyl (C=O) groups is 1. The number of nitrogens with two attached hydrogens (primary N) is 1. The molecule has 118 valence electrons. The lowest BCUT2D eigenvalue weighted by Gasteiger charge is -2.16. The number of thiazole rings is 1. The van der Waals surface area contributed by atoms with Crippen LogP contribution in [0, 0.1) is 6.92 Å². The zero-order valence-corrected chi connectivity index (χ0v) is 14.8. The SMILES string of the molecule is Cc1nc(CS(=O)c2cccc(C(N)=O)c2)sc1C(C)(C)C. The van der Waals surface area contributed by atoms with Gasteiger partial charge in [-0.15, -0.1) is 11.3 Å². The molecule has 0 fully saturated rings. The fourth-order valence-corrected chi connectivity index (χ4v) is 4.62. The Kier molecular flexibility index (Phi) is 4.82. The topological polar surface area (TPSA) is 73.1 Å². The molecule has 0 spiro atoms. The van der Waals surface area contributed by atoms with Crippen molar-refractivity contribution in [2.24, 2.45) is 5.73 Å². The second-order valence-corrected chi connectivity index (χ2v) is 8.69. The summed E-state index contributed by atoms with van der Waals surface area (Å²) < 4.78 is 12.5. The van der Waals surface area contributed by atoms with Gasteiger partial charge in [-0.1, -0.05) is 26.8 Å². The summed E-state index contributed by atoms with van der Waals surface area (Å²) in [5, 5.41) is 0.852. The third-order valence-electron chi connectivity index (χ3n) is 3.16. The van der Waals surface area contributed by atoms with E-state index in [9.17, 15) is 9.00 Å². The van der Waals surface area contributed by atoms with E-state index < -0.39 is 16.7 Å². The molecule has 4 nitrogen and oxygen atoms in total. The average molecular weight is 336 g/mol. The van der Waals surface area contributed by atoms with Gasteiger partial charge in [0.2, 0.25) is 5.91 Å². The van der Waals surface area contributed by atoms with Gasteiger partial charge in [-0.2, -0.15) is 0 Å². The molecule has 1 aromatic heterocycles. The lowest BCUT2D eigenvalue weighted by Crippen LogP contribution is -2.11. The summed E-state index contributed by atoms with van der Waals surface area (Å²) in [4.78, 5) is 17.6. The molecule has 2 N–H and O–H groups in total. The van der Waals surface area contributed by atoms with E-state index in [4.69, 9.17) is 5.73 Å². The van der Waals surface area contributed by atoms with E-state index in [1.807, 2.05) is 6.92 Å². The van der Waals surface area contributed by atoms with Crippen LogP contribution >= 0.6 is 11.3 Å². The molecule has 1 amide bonds. The molecular weight excluding hydrogens is 316 g/mol. The summed E-state index contributed by atoms with van der Waals surface area (Å²) in [6.45, 7) is 8.41. The van der Waals surface area contributed by atoms with E-state index in [0.717, 1.165) is 10.7 Å². The highest BCUT2D eigenvalue weighted by molar-refractivity contribution is 7.84. The number of hydrogen-bond donors (Lipinski definition) is 1. The van der Waals surface area contributed by atoms with Gasteiger partial charge < -0.3 is 5.73 Å². The van der Waals surface area contributed by atoms with Crippen LogP contribution in [0.3, 0.4) is 0 Å². The molecule has 2 aromatic rings. The average Bonchev–Trinajstić information content (AvgIpc) is 2.79. The Morgan fingerprint density at radius 3 is 2.59 bits per heavy atom. The molecule has 0 aliphatic heterocycles. The molecule has 1 atom stereocenters. The first kappa shape index (κ1) is 16.8. The maximum Gasteiger partial charge on any atom is 0.248 e. The Balaban J connectivity index is 2.23. The molecule has 0 radical (unpaired) electrons. The zero-order valence-electron chi connectivity index (χ0n) is 13.2. The summed E-state index contributed by atoms with van der Waals surface area (Å²) >= 11 is 1.60. The normalized spacial score (nSPS) is 13.1. The molecule has 22 heavy (non-hydrogen) atoms. The van der Waals surface area contributed by atoms with Gasteiger partial charge in [0, 0.05) is 15.3 Å². The highest BCUT2D eigenvalue weighted by atomic mass is 32.2. The number of primary amides is 1. The molecule has 1 aromatic carbocycles. The predicted octanol–water partition coefficient (Wildman–Crippen LogP) is 3.16. The number of aryl methyl sites for hydroxylation is 1. The highest BCUT2D eigenvalue weighted by Crippen LogP contribution is 2.32.